The Morgan fingerprint density at radius 1 is 1.10 bits per heavy atom. The molecule has 0 saturated heterocycles. The van der Waals surface area contributed by atoms with Gasteiger partial charge in [-0.1, -0.05) is 0 Å². The van der Waals surface area contributed by atoms with Crippen molar-refractivity contribution in [2.24, 2.45) is 0 Å². The summed E-state index contributed by atoms with van der Waals surface area (Å²) in [5.41, 5.74) is 0.527. The first-order valence-corrected chi connectivity index (χ1v) is 9.84. The molecule has 3 rings (SSSR count). The summed E-state index contributed by atoms with van der Waals surface area (Å²) in [6.45, 7) is 5.28. The van der Waals surface area contributed by atoms with E-state index >= 15 is 0 Å². The van der Waals surface area contributed by atoms with E-state index < -0.39 is 24.0 Å². The molecule has 0 bridgehead atoms. The molecular formula is C22H24N2O7. The Balaban J connectivity index is 1.80. The molecule has 1 aromatic carbocycles. The highest BCUT2D eigenvalue weighted by atomic mass is 16.5. The number of esters is 2. The van der Waals surface area contributed by atoms with E-state index in [1.807, 2.05) is 13.8 Å². The average molecular weight is 428 g/mol. The van der Waals surface area contributed by atoms with Crippen LogP contribution in [0.25, 0.3) is 0 Å². The maximum Gasteiger partial charge on any atom is 0.338 e. The average Bonchev–Trinajstić information content (AvgIpc) is 3.26. The highest BCUT2D eigenvalue weighted by Gasteiger charge is 2.35. The van der Waals surface area contributed by atoms with E-state index in [9.17, 15) is 14.4 Å². The third-order valence-electron chi connectivity index (χ3n) is 4.29. The van der Waals surface area contributed by atoms with Crippen LogP contribution in [0, 0.1) is 0 Å². The number of hydrogen-bond acceptors (Lipinski definition) is 7. The van der Waals surface area contributed by atoms with Gasteiger partial charge in [-0.15, -0.1) is 0 Å². The van der Waals surface area contributed by atoms with Gasteiger partial charge in [0.15, 0.2) is 0 Å². The Labute approximate surface area is 179 Å². The molecule has 0 spiro atoms. The van der Waals surface area contributed by atoms with Crippen molar-refractivity contribution in [3.8, 4) is 5.75 Å². The van der Waals surface area contributed by atoms with E-state index in [1.54, 1.807) is 43.3 Å². The standard InChI is InChI=1S/C22H24N2O7/c1-4-28-21(26)18-16(23-22(27)24-19(18)17-6-5-11-29-17)12-30-20(25)14-7-9-15(10-8-14)31-13(2)3/h5-11,13,19H,4,12H2,1-3H3,(H2,23,24,27). The van der Waals surface area contributed by atoms with Gasteiger partial charge in [0.25, 0.3) is 0 Å². The minimum absolute atomic E-state index is 0.0108. The number of carbonyl (C=O) groups is 3. The molecule has 1 aromatic heterocycles. The SMILES string of the molecule is CCOC(=O)C1=C(COC(=O)c2ccc(OC(C)C)cc2)NC(=O)NC1c1ccco1. The number of nitrogens with one attached hydrogen (secondary N) is 2. The molecule has 1 atom stereocenters. The lowest BCUT2D eigenvalue weighted by Gasteiger charge is -2.27. The molecule has 1 aliphatic rings. The van der Waals surface area contributed by atoms with Gasteiger partial charge in [-0.2, -0.15) is 0 Å². The first kappa shape index (κ1) is 21.9. The van der Waals surface area contributed by atoms with E-state index in [4.69, 9.17) is 18.6 Å². The molecular weight excluding hydrogens is 404 g/mol. The van der Waals surface area contributed by atoms with Gasteiger partial charge >= 0.3 is 18.0 Å². The van der Waals surface area contributed by atoms with Crippen LogP contribution in [0.5, 0.6) is 5.75 Å². The zero-order chi connectivity index (χ0) is 22.4. The minimum atomic E-state index is -0.871. The zero-order valence-corrected chi connectivity index (χ0v) is 17.5. The van der Waals surface area contributed by atoms with Gasteiger partial charge in [0.2, 0.25) is 0 Å². The lowest BCUT2D eigenvalue weighted by molar-refractivity contribution is -0.139. The fraction of sp³-hybridized carbons (Fsp3) is 0.318. The largest absolute Gasteiger partial charge is 0.491 e. The van der Waals surface area contributed by atoms with Crippen LogP contribution in [0.3, 0.4) is 0 Å². The van der Waals surface area contributed by atoms with E-state index in [1.165, 1.54) is 6.26 Å². The molecule has 0 radical (unpaired) electrons. The quantitative estimate of drug-likeness (QED) is 0.621. The van der Waals surface area contributed by atoms with Gasteiger partial charge in [-0.3, -0.25) is 0 Å². The van der Waals surface area contributed by atoms with Gasteiger partial charge in [-0.05, 0) is 57.2 Å². The Morgan fingerprint density at radius 2 is 1.84 bits per heavy atom. The van der Waals surface area contributed by atoms with Crippen molar-refractivity contribution in [3.05, 3.63) is 65.3 Å². The van der Waals surface area contributed by atoms with E-state index in [2.05, 4.69) is 10.6 Å². The Bertz CT molecular complexity index is 962. The van der Waals surface area contributed by atoms with E-state index in [-0.39, 0.29) is 30.6 Å². The molecule has 2 heterocycles. The van der Waals surface area contributed by atoms with Crippen LogP contribution in [-0.2, 0) is 14.3 Å². The van der Waals surface area contributed by atoms with Crippen molar-refractivity contribution in [1.29, 1.82) is 0 Å². The van der Waals surface area contributed by atoms with Crippen LogP contribution >= 0.6 is 0 Å². The van der Waals surface area contributed by atoms with Crippen LogP contribution in [0.15, 0.2) is 58.3 Å². The summed E-state index contributed by atoms with van der Waals surface area (Å²) in [6.07, 6.45) is 1.44. The van der Waals surface area contributed by atoms with Crippen LogP contribution in [0.2, 0.25) is 0 Å². The number of hydrogen-bond donors (Lipinski definition) is 2. The second-order valence-corrected chi connectivity index (χ2v) is 6.93. The Morgan fingerprint density at radius 3 is 2.45 bits per heavy atom. The lowest BCUT2D eigenvalue weighted by atomic mass is 10.0. The maximum atomic E-state index is 12.6. The van der Waals surface area contributed by atoms with Crippen LogP contribution in [-0.4, -0.2) is 37.3 Å². The van der Waals surface area contributed by atoms with Crippen molar-refractivity contribution in [2.45, 2.75) is 32.9 Å². The molecule has 1 unspecified atom stereocenters. The molecule has 0 fully saturated rings. The molecule has 2 N–H and O–H groups in total. The number of amides is 2. The molecule has 0 aliphatic carbocycles. The Hall–Kier alpha value is -3.75. The summed E-state index contributed by atoms with van der Waals surface area (Å²) < 4.78 is 21.4. The first-order chi connectivity index (χ1) is 14.9. The molecule has 31 heavy (non-hydrogen) atoms. The number of rotatable bonds is 8. The molecule has 0 saturated carbocycles. The summed E-state index contributed by atoms with van der Waals surface area (Å²) in [5, 5.41) is 5.15. The van der Waals surface area contributed by atoms with Gasteiger partial charge in [0.1, 0.15) is 24.2 Å². The number of carbonyl (C=O) groups excluding carboxylic acids is 3. The van der Waals surface area contributed by atoms with Crippen LogP contribution in [0.1, 0.15) is 42.9 Å². The zero-order valence-electron chi connectivity index (χ0n) is 17.5. The smallest absolute Gasteiger partial charge is 0.338 e. The topological polar surface area (TPSA) is 116 Å². The molecule has 2 aromatic rings. The molecule has 1 aliphatic heterocycles. The summed E-state index contributed by atoms with van der Waals surface area (Å²) in [6, 6.07) is 8.32. The highest BCUT2D eigenvalue weighted by molar-refractivity contribution is 5.95. The highest BCUT2D eigenvalue weighted by Crippen LogP contribution is 2.28. The van der Waals surface area contributed by atoms with Crippen molar-refractivity contribution >= 4 is 18.0 Å². The number of urea groups is 1. The lowest BCUT2D eigenvalue weighted by Crippen LogP contribution is -2.47. The van der Waals surface area contributed by atoms with E-state index in [0.29, 0.717) is 17.1 Å². The van der Waals surface area contributed by atoms with Crippen molar-refractivity contribution in [2.75, 3.05) is 13.2 Å². The third-order valence-corrected chi connectivity index (χ3v) is 4.29. The van der Waals surface area contributed by atoms with Crippen LogP contribution in [0.4, 0.5) is 4.79 Å². The van der Waals surface area contributed by atoms with Gasteiger partial charge in [0, 0.05) is 0 Å². The molecule has 2 amide bonds. The van der Waals surface area contributed by atoms with Crippen molar-refractivity contribution < 1.29 is 33.0 Å². The second kappa shape index (κ2) is 9.84. The van der Waals surface area contributed by atoms with Crippen LogP contribution < -0.4 is 15.4 Å². The van der Waals surface area contributed by atoms with Crippen molar-refractivity contribution in [1.82, 2.24) is 10.6 Å². The number of benzene rings is 1. The minimum Gasteiger partial charge on any atom is -0.491 e. The summed E-state index contributed by atoms with van der Waals surface area (Å²) in [4.78, 5) is 37.2. The molecule has 9 heteroatoms. The fourth-order valence-corrected chi connectivity index (χ4v) is 3.01. The first-order valence-electron chi connectivity index (χ1n) is 9.84. The maximum absolute atomic E-state index is 12.6. The van der Waals surface area contributed by atoms with E-state index in [0.717, 1.165) is 0 Å². The number of ether oxygens (including phenoxy) is 3. The third kappa shape index (κ3) is 5.44. The van der Waals surface area contributed by atoms with Gasteiger partial charge < -0.3 is 29.3 Å². The predicted octanol–water partition coefficient (Wildman–Crippen LogP) is 3.09. The van der Waals surface area contributed by atoms with Gasteiger partial charge in [0.05, 0.1) is 35.8 Å². The van der Waals surface area contributed by atoms with Gasteiger partial charge in [-0.25, -0.2) is 14.4 Å². The summed E-state index contributed by atoms with van der Waals surface area (Å²) in [5.74, 6) is -0.292. The summed E-state index contributed by atoms with van der Waals surface area (Å²) in [7, 11) is 0. The monoisotopic (exact) mass is 428 g/mol. The Kier molecular flexibility index (Phi) is 6.96. The number of furan rings is 1. The molecule has 164 valence electrons. The molecule has 9 nitrogen and oxygen atoms in total. The van der Waals surface area contributed by atoms with Crippen molar-refractivity contribution in [3.63, 3.8) is 0 Å². The normalized spacial score (nSPS) is 15.9. The predicted molar refractivity (Wildman–Crippen MR) is 109 cm³/mol. The fourth-order valence-electron chi connectivity index (χ4n) is 3.01. The second-order valence-electron chi connectivity index (χ2n) is 6.93. The summed E-state index contributed by atoms with van der Waals surface area (Å²) >= 11 is 0.